The molecule has 3 amide bonds. The van der Waals surface area contributed by atoms with Crippen LogP contribution in [-0.2, 0) is 9.59 Å². The number of thioether (sulfide) groups is 1. The summed E-state index contributed by atoms with van der Waals surface area (Å²) in [7, 11) is 0. The summed E-state index contributed by atoms with van der Waals surface area (Å²) >= 11 is 1.43. The van der Waals surface area contributed by atoms with Gasteiger partial charge in [-0.05, 0) is 37.3 Å². The molecule has 2 N–H and O–H groups in total. The summed E-state index contributed by atoms with van der Waals surface area (Å²) in [5, 5.41) is 5.57. The molecule has 0 saturated carbocycles. The zero-order valence-corrected chi connectivity index (χ0v) is 17.2. The predicted molar refractivity (Wildman–Crippen MR) is 113 cm³/mol. The van der Waals surface area contributed by atoms with Crippen molar-refractivity contribution in [2.75, 3.05) is 42.7 Å². The van der Waals surface area contributed by atoms with Gasteiger partial charge in [0.05, 0.1) is 11.4 Å². The molecule has 0 saturated heterocycles. The summed E-state index contributed by atoms with van der Waals surface area (Å²) in [5.41, 5.74) is 1.62. The van der Waals surface area contributed by atoms with E-state index in [2.05, 4.69) is 10.6 Å². The maximum Gasteiger partial charge on any atom is 0.254 e. The van der Waals surface area contributed by atoms with Gasteiger partial charge in [0.1, 0.15) is 19.8 Å². The van der Waals surface area contributed by atoms with Gasteiger partial charge in [0.15, 0.2) is 11.5 Å². The van der Waals surface area contributed by atoms with E-state index in [1.54, 1.807) is 30.3 Å². The third kappa shape index (κ3) is 4.35. The molecule has 8 nitrogen and oxygen atoms in total. The third-order valence-electron chi connectivity index (χ3n) is 4.69. The maximum atomic E-state index is 12.9. The molecule has 0 unspecified atom stereocenters. The van der Waals surface area contributed by atoms with E-state index in [9.17, 15) is 14.4 Å². The van der Waals surface area contributed by atoms with Crippen molar-refractivity contribution in [3.05, 3.63) is 42.0 Å². The molecule has 0 bridgehead atoms. The Balaban J connectivity index is 1.42. The first-order valence-electron chi connectivity index (χ1n) is 9.59. The first-order chi connectivity index (χ1) is 14.5. The highest BCUT2D eigenvalue weighted by Gasteiger charge is 2.21. The monoisotopic (exact) mass is 427 g/mol. The highest BCUT2D eigenvalue weighted by molar-refractivity contribution is 8.00. The molecule has 2 heterocycles. The van der Waals surface area contributed by atoms with E-state index >= 15 is 0 Å². The second-order valence-corrected chi connectivity index (χ2v) is 7.79. The lowest BCUT2D eigenvalue weighted by molar-refractivity contribution is -0.117. The van der Waals surface area contributed by atoms with Crippen LogP contribution in [-0.4, -0.2) is 54.7 Å². The molecule has 0 fully saturated rings. The second kappa shape index (κ2) is 8.66. The zero-order chi connectivity index (χ0) is 21.1. The number of rotatable bonds is 5. The number of hydrogen-bond donors (Lipinski definition) is 2. The van der Waals surface area contributed by atoms with Crippen LogP contribution in [0.3, 0.4) is 0 Å². The third-order valence-corrected chi connectivity index (χ3v) is 5.76. The minimum Gasteiger partial charge on any atom is -0.486 e. The molecule has 0 atom stereocenters. The van der Waals surface area contributed by atoms with Crippen LogP contribution in [0.1, 0.15) is 17.3 Å². The molecule has 2 aromatic carbocycles. The number of nitrogens with one attached hydrogen (secondary N) is 2. The van der Waals surface area contributed by atoms with Crippen molar-refractivity contribution in [3.63, 3.8) is 0 Å². The Bertz CT molecular complexity index is 1010. The summed E-state index contributed by atoms with van der Waals surface area (Å²) in [4.78, 5) is 39.4. The average Bonchev–Trinajstić information content (AvgIpc) is 2.76. The standard InChI is InChI=1S/C21H21N3O5S/c1-2-24(21(27)13-3-6-18-15(9-13)23-20(26)12-30-18)11-19(25)22-14-4-5-16-17(10-14)29-8-7-28-16/h3-6,9-10H,2,7-8,11-12H2,1H3,(H,22,25)(H,23,26). The van der Waals surface area contributed by atoms with Gasteiger partial charge in [-0.1, -0.05) is 0 Å². The Hall–Kier alpha value is -3.20. The van der Waals surface area contributed by atoms with E-state index in [0.29, 0.717) is 53.9 Å². The van der Waals surface area contributed by atoms with E-state index in [0.717, 1.165) is 4.90 Å². The number of carbonyl (C=O) groups is 3. The Morgan fingerprint density at radius 1 is 1.13 bits per heavy atom. The lowest BCUT2D eigenvalue weighted by Crippen LogP contribution is -2.38. The Morgan fingerprint density at radius 2 is 1.93 bits per heavy atom. The normalized spacial score (nSPS) is 14.4. The first kappa shape index (κ1) is 20.1. The number of nitrogens with zero attached hydrogens (tertiary/aromatic N) is 1. The van der Waals surface area contributed by atoms with Crippen LogP contribution in [0.15, 0.2) is 41.3 Å². The number of hydrogen-bond acceptors (Lipinski definition) is 6. The van der Waals surface area contributed by atoms with Gasteiger partial charge in [-0.2, -0.15) is 0 Å². The van der Waals surface area contributed by atoms with Gasteiger partial charge in [0.25, 0.3) is 5.91 Å². The predicted octanol–water partition coefficient (Wildman–Crippen LogP) is 2.60. The Kier molecular flexibility index (Phi) is 5.80. The van der Waals surface area contributed by atoms with Gasteiger partial charge in [0.2, 0.25) is 11.8 Å². The summed E-state index contributed by atoms with van der Waals surface area (Å²) in [6.07, 6.45) is 0. The minimum atomic E-state index is -0.316. The number of benzene rings is 2. The molecule has 0 radical (unpaired) electrons. The SMILES string of the molecule is CCN(CC(=O)Nc1ccc2c(c1)OCCO2)C(=O)c1ccc2c(c1)NC(=O)CS2. The maximum absolute atomic E-state index is 12.9. The van der Waals surface area contributed by atoms with Gasteiger partial charge in [-0.15, -0.1) is 11.8 Å². The lowest BCUT2D eigenvalue weighted by atomic mass is 10.1. The summed E-state index contributed by atoms with van der Waals surface area (Å²) < 4.78 is 11.0. The van der Waals surface area contributed by atoms with E-state index < -0.39 is 0 Å². The number of fused-ring (bicyclic) bond motifs is 2. The highest BCUT2D eigenvalue weighted by atomic mass is 32.2. The lowest BCUT2D eigenvalue weighted by Gasteiger charge is -2.22. The largest absolute Gasteiger partial charge is 0.486 e. The molecule has 2 aliphatic heterocycles. The van der Waals surface area contributed by atoms with Crippen molar-refractivity contribution in [2.45, 2.75) is 11.8 Å². The fourth-order valence-electron chi connectivity index (χ4n) is 3.22. The van der Waals surface area contributed by atoms with Crippen LogP contribution >= 0.6 is 11.8 Å². The molecular weight excluding hydrogens is 406 g/mol. The van der Waals surface area contributed by atoms with Crippen molar-refractivity contribution in [2.24, 2.45) is 0 Å². The molecule has 9 heteroatoms. The van der Waals surface area contributed by atoms with Gasteiger partial charge in [-0.25, -0.2) is 0 Å². The Morgan fingerprint density at radius 3 is 2.73 bits per heavy atom. The highest BCUT2D eigenvalue weighted by Crippen LogP contribution is 2.33. The van der Waals surface area contributed by atoms with Crippen LogP contribution in [0, 0.1) is 0 Å². The topological polar surface area (TPSA) is 97.0 Å². The second-order valence-electron chi connectivity index (χ2n) is 6.77. The van der Waals surface area contributed by atoms with Gasteiger partial charge in [0, 0.05) is 28.8 Å². The smallest absolute Gasteiger partial charge is 0.254 e. The molecular formula is C21H21N3O5S. The number of likely N-dealkylation sites (N-methyl/N-ethyl adjacent to an activating group) is 1. The van der Waals surface area contributed by atoms with Crippen LogP contribution in [0.4, 0.5) is 11.4 Å². The van der Waals surface area contributed by atoms with Gasteiger partial charge in [-0.3, -0.25) is 14.4 Å². The molecule has 2 aliphatic rings. The van der Waals surface area contributed by atoms with Crippen molar-refractivity contribution < 1.29 is 23.9 Å². The summed E-state index contributed by atoms with van der Waals surface area (Å²) in [6.45, 7) is 3.04. The van der Waals surface area contributed by atoms with E-state index in [1.807, 2.05) is 13.0 Å². The van der Waals surface area contributed by atoms with E-state index in [-0.39, 0.29) is 24.3 Å². The zero-order valence-electron chi connectivity index (χ0n) is 16.4. The average molecular weight is 427 g/mol. The first-order valence-corrected chi connectivity index (χ1v) is 10.6. The molecule has 2 aromatic rings. The van der Waals surface area contributed by atoms with Crippen LogP contribution in [0.5, 0.6) is 11.5 Å². The van der Waals surface area contributed by atoms with Crippen LogP contribution in [0.2, 0.25) is 0 Å². The number of ether oxygens (including phenoxy) is 2. The van der Waals surface area contributed by atoms with Crippen molar-refractivity contribution in [1.29, 1.82) is 0 Å². The minimum absolute atomic E-state index is 0.0942. The summed E-state index contributed by atoms with van der Waals surface area (Å²) in [6, 6.07) is 10.4. The number of amides is 3. The van der Waals surface area contributed by atoms with Crippen molar-refractivity contribution in [3.8, 4) is 11.5 Å². The van der Waals surface area contributed by atoms with Crippen molar-refractivity contribution >= 4 is 40.9 Å². The molecule has 156 valence electrons. The van der Waals surface area contributed by atoms with Gasteiger partial charge >= 0.3 is 0 Å². The fraction of sp³-hybridized carbons (Fsp3) is 0.286. The van der Waals surface area contributed by atoms with Crippen molar-refractivity contribution in [1.82, 2.24) is 4.90 Å². The van der Waals surface area contributed by atoms with E-state index in [4.69, 9.17) is 9.47 Å². The molecule has 30 heavy (non-hydrogen) atoms. The molecule has 0 aliphatic carbocycles. The number of carbonyl (C=O) groups excluding carboxylic acids is 3. The molecule has 4 rings (SSSR count). The molecule has 0 aromatic heterocycles. The fourth-order valence-corrected chi connectivity index (χ4v) is 4.01. The summed E-state index contributed by atoms with van der Waals surface area (Å²) in [5.74, 6) is 0.898. The van der Waals surface area contributed by atoms with Crippen LogP contribution in [0.25, 0.3) is 0 Å². The van der Waals surface area contributed by atoms with Gasteiger partial charge < -0.3 is 25.0 Å². The molecule has 0 spiro atoms. The number of anilines is 2. The van der Waals surface area contributed by atoms with E-state index in [1.165, 1.54) is 16.7 Å². The quantitative estimate of drug-likeness (QED) is 0.761. The Labute approximate surface area is 177 Å². The van der Waals surface area contributed by atoms with Crippen LogP contribution < -0.4 is 20.1 Å².